The molecule has 7 nitrogen and oxygen atoms in total. The molecule has 8 heteroatoms. The summed E-state index contributed by atoms with van der Waals surface area (Å²) in [6.45, 7) is 2.86. The lowest BCUT2D eigenvalue weighted by molar-refractivity contribution is 0.102. The fourth-order valence-electron chi connectivity index (χ4n) is 3.05. The van der Waals surface area contributed by atoms with Crippen LogP contribution in [-0.2, 0) is 4.74 Å². The van der Waals surface area contributed by atoms with Gasteiger partial charge in [0.15, 0.2) is 0 Å². The molecule has 1 aliphatic rings. The number of anilines is 4. The number of nitrogens with zero attached hydrogens (tertiary/aromatic N) is 3. The Kier molecular flexibility index (Phi) is 5.62. The van der Waals surface area contributed by atoms with E-state index in [-0.39, 0.29) is 17.5 Å². The number of carbonyl (C=O) groups excluding carboxylic acids is 1. The molecular formula is C21H20FN5O2. The van der Waals surface area contributed by atoms with E-state index in [0.29, 0.717) is 24.5 Å². The molecular weight excluding hydrogens is 373 g/mol. The van der Waals surface area contributed by atoms with E-state index in [9.17, 15) is 9.18 Å². The lowest BCUT2D eigenvalue weighted by atomic mass is 10.2. The molecule has 3 aromatic rings. The highest BCUT2D eigenvalue weighted by molar-refractivity contribution is 6.05. The highest BCUT2D eigenvalue weighted by Crippen LogP contribution is 2.27. The summed E-state index contributed by atoms with van der Waals surface area (Å²) < 4.78 is 19.1. The lowest BCUT2D eigenvalue weighted by Gasteiger charge is -2.30. The molecule has 0 bridgehead atoms. The molecule has 4 rings (SSSR count). The van der Waals surface area contributed by atoms with Crippen LogP contribution in [0.4, 0.5) is 27.4 Å². The third-order valence-electron chi connectivity index (χ3n) is 4.54. The second-order valence-corrected chi connectivity index (χ2v) is 6.47. The molecule has 148 valence electrons. The van der Waals surface area contributed by atoms with E-state index >= 15 is 0 Å². The number of morpholine rings is 1. The van der Waals surface area contributed by atoms with Crippen molar-refractivity contribution < 1.29 is 13.9 Å². The minimum Gasteiger partial charge on any atom is -0.378 e. The molecule has 2 aromatic carbocycles. The number of nitrogens with one attached hydrogen (secondary N) is 2. The molecule has 0 aliphatic carbocycles. The fraction of sp³-hybridized carbons (Fsp3) is 0.190. The van der Waals surface area contributed by atoms with Gasteiger partial charge in [-0.2, -0.15) is 0 Å². The van der Waals surface area contributed by atoms with E-state index in [1.807, 2.05) is 24.3 Å². The van der Waals surface area contributed by atoms with Gasteiger partial charge in [-0.15, -0.1) is 0 Å². The maximum absolute atomic E-state index is 13.7. The van der Waals surface area contributed by atoms with E-state index in [0.717, 1.165) is 18.8 Å². The van der Waals surface area contributed by atoms with Gasteiger partial charge in [0.25, 0.3) is 5.91 Å². The molecule has 0 spiro atoms. The van der Waals surface area contributed by atoms with Crippen LogP contribution < -0.4 is 15.5 Å². The highest BCUT2D eigenvalue weighted by atomic mass is 19.1. The maximum atomic E-state index is 13.7. The first-order valence-corrected chi connectivity index (χ1v) is 9.27. The van der Waals surface area contributed by atoms with Crippen molar-refractivity contribution in [2.24, 2.45) is 0 Å². The number of amides is 1. The van der Waals surface area contributed by atoms with E-state index in [4.69, 9.17) is 4.74 Å². The zero-order valence-electron chi connectivity index (χ0n) is 15.6. The number of carbonyl (C=O) groups is 1. The molecule has 0 radical (unpaired) electrons. The van der Waals surface area contributed by atoms with Crippen LogP contribution in [-0.4, -0.2) is 42.2 Å². The van der Waals surface area contributed by atoms with E-state index < -0.39 is 5.82 Å². The molecule has 0 saturated carbocycles. The first-order chi connectivity index (χ1) is 14.2. The molecule has 2 N–H and O–H groups in total. The summed E-state index contributed by atoms with van der Waals surface area (Å²) in [7, 11) is 0. The monoisotopic (exact) mass is 393 g/mol. The normalized spacial score (nSPS) is 13.8. The van der Waals surface area contributed by atoms with Gasteiger partial charge in [0.05, 0.1) is 35.8 Å². The average molecular weight is 393 g/mol. The summed E-state index contributed by atoms with van der Waals surface area (Å²) in [5.74, 6) is -0.513. The van der Waals surface area contributed by atoms with E-state index in [2.05, 4.69) is 25.5 Å². The van der Waals surface area contributed by atoms with Crippen LogP contribution in [0.15, 0.2) is 60.9 Å². The zero-order valence-corrected chi connectivity index (χ0v) is 15.6. The smallest absolute Gasteiger partial charge is 0.258 e. The summed E-state index contributed by atoms with van der Waals surface area (Å²) >= 11 is 0. The largest absolute Gasteiger partial charge is 0.378 e. The van der Waals surface area contributed by atoms with Gasteiger partial charge in [-0.1, -0.05) is 24.3 Å². The Labute approximate surface area is 167 Å². The Morgan fingerprint density at radius 1 is 0.966 bits per heavy atom. The van der Waals surface area contributed by atoms with Crippen LogP contribution in [0.25, 0.3) is 0 Å². The Balaban J connectivity index is 1.46. The molecule has 1 amide bonds. The average Bonchev–Trinajstić information content (AvgIpc) is 2.77. The third kappa shape index (κ3) is 4.49. The number of para-hydroxylation sites is 3. The Morgan fingerprint density at radius 3 is 2.34 bits per heavy atom. The molecule has 0 unspecified atom stereocenters. The Bertz CT molecular complexity index is 990. The fourth-order valence-corrected chi connectivity index (χ4v) is 3.05. The number of aromatic nitrogens is 2. The first kappa shape index (κ1) is 18.8. The summed E-state index contributed by atoms with van der Waals surface area (Å²) in [6, 6.07) is 13.9. The molecule has 1 aromatic heterocycles. The number of ether oxygens (including phenoxy) is 1. The van der Waals surface area contributed by atoms with Gasteiger partial charge in [-0.25, -0.2) is 14.4 Å². The van der Waals surface area contributed by atoms with Gasteiger partial charge in [0.1, 0.15) is 5.82 Å². The predicted octanol–water partition coefficient (Wildman–Crippen LogP) is 3.45. The number of halogens is 1. The van der Waals surface area contributed by atoms with E-state index in [1.54, 1.807) is 18.2 Å². The van der Waals surface area contributed by atoms with E-state index in [1.165, 1.54) is 18.5 Å². The molecule has 1 aliphatic heterocycles. The van der Waals surface area contributed by atoms with Gasteiger partial charge in [0.2, 0.25) is 5.95 Å². The Morgan fingerprint density at radius 2 is 1.62 bits per heavy atom. The van der Waals surface area contributed by atoms with Crippen LogP contribution in [0.2, 0.25) is 0 Å². The van der Waals surface area contributed by atoms with Gasteiger partial charge in [-0.05, 0) is 24.3 Å². The van der Waals surface area contributed by atoms with Crippen molar-refractivity contribution in [1.29, 1.82) is 0 Å². The SMILES string of the molecule is O=C(Nc1ccccc1N1CCOCC1)c1cnc(Nc2ccccc2F)nc1. The van der Waals surface area contributed by atoms with Gasteiger partial charge in [0, 0.05) is 25.5 Å². The van der Waals surface area contributed by atoms with Crippen LogP contribution in [0.1, 0.15) is 10.4 Å². The minimum absolute atomic E-state index is 0.209. The molecule has 1 fully saturated rings. The quantitative estimate of drug-likeness (QED) is 0.691. The van der Waals surface area contributed by atoms with Crippen molar-refractivity contribution in [2.45, 2.75) is 0 Å². The summed E-state index contributed by atoms with van der Waals surface area (Å²) in [5, 5.41) is 5.71. The number of benzene rings is 2. The zero-order chi connectivity index (χ0) is 20.1. The predicted molar refractivity (Wildman–Crippen MR) is 109 cm³/mol. The van der Waals surface area contributed by atoms with Crippen LogP contribution in [0.5, 0.6) is 0 Å². The number of hydrogen-bond donors (Lipinski definition) is 2. The summed E-state index contributed by atoms with van der Waals surface area (Å²) in [6.07, 6.45) is 2.81. The standard InChI is InChI=1S/C21H20FN5O2/c22-16-5-1-2-6-17(16)26-21-23-13-15(14-24-21)20(28)25-18-7-3-4-8-19(18)27-9-11-29-12-10-27/h1-8,13-14H,9-12H2,(H,25,28)(H,23,24,26). The van der Waals surface area contributed by atoms with Crippen LogP contribution in [0, 0.1) is 5.82 Å². The maximum Gasteiger partial charge on any atom is 0.258 e. The second-order valence-electron chi connectivity index (χ2n) is 6.47. The van der Waals surface area contributed by atoms with Crippen molar-refractivity contribution in [2.75, 3.05) is 41.8 Å². The molecule has 29 heavy (non-hydrogen) atoms. The first-order valence-electron chi connectivity index (χ1n) is 9.27. The number of hydrogen-bond acceptors (Lipinski definition) is 6. The van der Waals surface area contributed by atoms with Crippen molar-refractivity contribution in [3.63, 3.8) is 0 Å². The summed E-state index contributed by atoms with van der Waals surface area (Å²) in [4.78, 5) is 23.1. The lowest BCUT2D eigenvalue weighted by Crippen LogP contribution is -2.36. The van der Waals surface area contributed by atoms with Crippen molar-refractivity contribution in [3.8, 4) is 0 Å². The second kappa shape index (κ2) is 8.66. The van der Waals surface area contributed by atoms with Crippen molar-refractivity contribution in [3.05, 3.63) is 72.3 Å². The molecule has 1 saturated heterocycles. The van der Waals surface area contributed by atoms with Crippen LogP contribution in [0.3, 0.4) is 0 Å². The Hall–Kier alpha value is -3.52. The third-order valence-corrected chi connectivity index (χ3v) is 4.54. The van der Waals surface area contributed by atoms with Crippen LogP contribution >= 0.6 is 0 Å². The van der Waals surface area contributed by atoms with Gasteiger partial charge < -0.3 is 20.3 Å². The van der Waals surface area contributed by atoms with Gasteiger partial charge >= 0.3 is 0 Å². The van der Waals surface area contributed by atoms with Gasteiger partial charge in [-0.3, -0.25) is 4.79 Å². The molecule has 2 heterocycles. The minimum atomic E-state index is -0.405. The van der Waals surface area contributed by atoms with Crippen molar-refractivity contribution in [1.82, 2.24) is 9.97 Å². The highest BCUT2D eigenvalue weighted by Gasteiger charge is 2.16. The summed E-state index contributed by atoms with van der Waals surface area (Å²) in [5.41, 5.74) is 2.24. The number of rotatable bonds is 5. The topological polar surface area (TPSA) is 79.4 Å². The molecule has 0 atom stereocenters. The van der Waals surface area contributed by atoms with Crippen molar-refractivity contribution >= 4 is 28.9 Å².